The largest absolute Gasteiger partial charge is 0.383 e. The number of nitrogen functional groups attached to an aromatic ring is 1. The van der Waals surface area contributed by atoms with E-state index in [-0.39, 0.29) is 0 Å². The third kappa shape index (κ3) is 2.11. The Morgan fingerprint density at radius 2 is 1.94 bits per heavy atom. The van der Waals surface area contributed by atoms with Crippen LogP contribution in [-0.2, 0) is 13.0 Å². The predicted octanol–water partition coefficient (Wildman–Crippen LogP) is 2.27. The van der Waals surface area contributed by atoms with Crippen LogP contribution in [0.3, 0.4) is 0 Å². The molecular weight excluding hydrogens is 248 g/mol. The molecular formula is C13H13ClN4. The van der Waals surface area contributed by atoms with Crippen molar-refractivity contribution in [1.29, 1.82) is 0 Å². The number of nitrogens with two attached hydrogens (primary N) is 1. The molecule has 0 fully saturated rings. The molecule has 1 aliphatic rings. The lowest BCUT2D eigenvalue weighted by Crippen LogP contribution is -2.31. The minimum Gasteiger partial charge on any atom is -0.383 e. The highest BCUT2D eigenvalue weighted by Crippen LogP contribution is 2.23. The number of benzene rings is 1. The van der Waals surface area contributed by atoms with Crippen LogP contribution in [-0.4, -0.2) is 16.5 Å². The number of hydrogen-bond donors (Lipinski definition) is 1. The van der Waals surface area contributed by atoms with Crippen molar-refractivity contribution in [3.63, 3.8) is 0 Å². The Morgan fingerprint density at radius 1 is 1.17 bits per heavy atom. The van der Waals surface area contributed by atoms with Crippen LogP contribution in [0.2, 0.25) is 5.15 Å². The molecule has 2 heterocycles. The van der Waals surface area contributed by atoms with Gasteiger partial charge in [0.15, 0.2) is 0 Å². The topological polar surface area (TPSA) is 55.0 Å². The summed E-state index contributed by atoms with van der Waals surface area (Å²) in [5, 5.41) is 0.386. The molecule has 3 rings (SSSR count). The highest BCUT2D eigenvalue weighted by atomic mass is 35.5. The first kappa shape index (κ1) is 11.3. The van der Waals surface area contributed by atoms with Crippen molar-refractivity contribution in [2.75, 3.05) is 17.2 Å². The van der Waals surface area contributed by atoms with Crippen LogP contribution in [0.4, 0.5) is 11.8 Å². The molecule has 1 aliphatic heterocycles. The first-order valence-electron chi connectivity index (χ1n) is 5.84. The number of aromatic nitrogens is 2. The van der Waals surface area contributed by atoms with Crippen LogP contribution in [0, 0.1) is 0 Å². The van der Waals surface area contributed by atoms with Crippen molar-refractivity contribution in [3.05, 3.63) is 46.6 Å². The maximum Gasteiger partial charge on any atom is 0.229 e. The third-order valence-electron chi connectivity index (χ3n) is 3.12. The highest BCUT2D eigenvalue weighted by molar-refractivity contribution is 6.29. The van der Waals surface area contributed by atoms with Gasteiger partial charge in [-0.05, 0) is 17.5 Å². The van der Waals surface area contributed by atoms with Gasteiger partial charge in [-0.15, -0.1) is 0 Å². The molecule has 0 aliphatic carbocycles. The summed E-state index contributed by atoms with van der Waals surface area (Å²) in [5.41, 5.74) is 8.40. The van der Waals surface area contributed by atoms with Gasteiger partial charge in [-0.1, -0.05) is 35.9 Å². The quantitative estimate of drug-likeness (QED) is 0.800. The van der Waals surface area contributed by atoms with Crippen molar-refractivity contribution in [1.82, 2.24) is 9.97 Å². The second kappa shape index (κ2) is 4.46. The van der Waals surface area contributed by atoms with E-state index in [1.165, 1.54) is 11.1 Å². The molecule has 0 amide bonds. The van der Waals surface area contributed by atoms with Crippen LogP contribution in [0.25, 0.3) is 0 Å². The SMILES string of the molecule is Nc1cc(Cl)nc(N2CCc3ccccc3C2)n1. The summed E-state index contributed by atoms with van der Waals surface area (Å²) in [6, 6.07) is 9.98. The smallest absolute Gasteiger partial charge is 0.229 e. The van der Waals surface area contributed by atoms with E-state index in [9.17, 15) is 0 Å². The summed E-state index contributed by atoms with van der Waals surface area (Å²) in [6.07, 6.45) is 0.992. The molecule has 4 nitrogen and oxygen atoms in total. The molecule has 92 valence electrons. The summed E-state index contributed by atoms with van der Waals surface area (Å²) >= 11 is 5.91. The van der Waals surface area contributed by atoms with Crippen LogP contribution in [0.1, 0.15) is 11.1 Å². The second-order valence-corrected chi connectivity index (χ2v) is 4.74. The molecule has 18 heavy (non-hydrogen) atoms. The first-order chi connectivity index (χ1) is 8.72. The molecule has 1 aromatic carbocycles. The van der Waals surface area contributed by atoms with E-state index in [1.807, 2.05) is 0 Å². The maximum atomic E-state index is 5.91. The zero-order chi connectivity index (χ0) is 12.5. The average molecular weight is 261 g/mol. The maximum absolute atomic E-state index is 5.91. The number of rotatable bonds is 1. The Bertz CT molecular complexity index is 565. The Morgan fingerprint density at radius 3 is 2.72 bits per heavy atom. The number of anilines is 2. The van der Waals surface area contributed by atoms with Crippen molar-refractivity contribution in [2.45, 2.75) is 13.0 Å². The lowest BCUT2D eigenvalue weighted by Gasteiger charge is -2.28. The van der Waals surface area contributed by atoms with Crippen LogP contribution in [0.15, 0.2) is 30.3 Å². The summed E-state index contributed by atoms with van der Waals surface area (Å²) in [5.74, 6) is 1.01. The molecule has 0 saturated heterocycles. The first-order valence-corrected chi connectivity index (χ1v) is 6.22. The van der Waals surface area contributed by atoms with Crippen molar-refractivity contribution < 1.29 is 0 Å². The molecule has 0 spiro atoms. The summed E-state index contributed by atoms with van der Waals surface area (Å²) < 4.78 is 0. The molecule has 2 N–H and O–H groups in total. The number of fused-ring (bicyclic) bond motifs is 1. The Hall–Kier alpha value is -1.81. The molecule has 0 radical (unpaired) electrons. The van der Waals surface area contributed by atoms with E-state index in [2.05, 4.69) is 39.1 Å². The highest BCUT2D eigenvalue weighted by Gasteiger charge is 2.18. The monoisotopic (exact) mass is 260 g/mol. The van der Waals surface area contributed by atoms with Gasteiger partial charge in [0.2, 0.25) is 5.95 Å². The van der Waals surface area contributed by atoms with E-state index < -0.39 is 0 Å². The van der Waals surface area contributed by atoms with Crippen molar-refractivity contribution in [2.24, 2.45) is 0 Å². The third-order valence-corrected chi connectivity index (χ3v) is 3.31. The lowest BCUT2D eigenvalue weighted by molar-refractivity contribution is 0.708. The zero-order valence-electron chi connectivity index (χ0n) is 9.81. The summed E-state index contributed by atoms with van der Waals surface area (Å²) in [7, 11) is 0. The molecule has 2 aromatic rings. The number of nitrogens with zero attached hydrogens (tertiary/aromatic N) is 3. The van der Waals surface area contributed by atoms with Gasteiger partial charge in [0.1, 0.15) is 11.0 Å². The fourth-order valence-corrected chi connectivity index (χ4v) is 2.42. The van der Waals surface area contributed by atoms with Crippen molar-refractivity contribution >= 4 is 23.4 Å². The van der Waals surface area contributed by atoms with E-state index in [0.29, 0.717) is 16.9 Å². The van der Waals surface area contributed by atoms with Gasteiger partial charge in [-0.3, -0.25) is 0 Å². The average Bonchev–Trinajstić information content (AvgIpc) is 2.37. The van der Waals surface area contributed by atoms with Crippen LogP contribution in [0.5, 0.6) is 0 Å². The Labute approximate surface area is 110 Å². The van der Waals surface area contributed by atoms with Gasteiger partial charge < -0.3 is 10.6 Å². The summed E-state index contributed by atoms with van der Waals surface area (Å²) in [6.45, 7) is 1.69. The van der Waals surface area contributed by atoms with Crippen LogP contribution >= 0.6 is 11.6 Å². The van der Waals surface area contributed by atoms with Crippen LogP contribution < -0.4 is 10.6 Å². The minimum atomic E-state index is 0.386. The minimum absolute atomic E-state index is 0.386. The molecule has 0 atom stereocenters. The fourth-order valence-electron chi connectivity index (χ4n) is 2.23. The van der Waals surface area contributed by atoms with E-state index >= 15 is 0 Å². The summed E-state index contributed by atoms with van der Waals surface area (Å²) in [4.78, 5) is 10.6. The standard InChI is InChI=1S/C13H13ClN4/c14-11-7-12(15)17-13(16-11)18-6-5-9-3-1-2-4-10(9)8-18/h1-4,7H,5-6,8H2,(H2,15,16,17). The van der Waals surface area contributed by atoms with Gasteiger partial charge in [0.25, 0.3) is 0 Å². The number of hydrogen-bond acceptors (Lipinski definition) is 4. The van der Waals surface area contributed by atoms with E-state index in [0.717, 1.165) is 19.5 Å². The molecule has 1 aromatic heterocycles. The van der Waals surface area contributed by atoms with Gasteiger partial charge in [-0.2, -0.15) is 4.98 Å². The molecule has 0 bridgehead atoms. The van der Waals surface area contributed by atoms with E-state index in [1.54, 1.807) is 6.07 Å². The molecule has 5 heteroatoms. The molecule has 0 unspecified atom stereocenters. The number of halogens is 1. The van der Waals surface area contributed by atoms with Gasteiger partial charge >= 0.3 is 0 Å². The lowest BCUT2D eigenvalue weighted by atomic mass is 10.0. The van der Waals surface area contributed by atoms with Gasteiger partial charge in [-0.25, -0.2) is 4.98 Å². The normalized spacial score (nSPS) is 14.4. The van der Waals surface area contributed by atoms with Gasteiger partial charge in [0, 0.05) is 19.2 Å². The Balaban J connectivity index is 1.91. The van der Waals surface area contributed by atoms with Crippen molar-refractivity contribution in [3.8, 4) is 0 Å². The van der Waals surface area contributed by atoms with Gasteiger partial charge in [0.05, 0.1) is 0 Å². The Kier molecular flexibility index (Phi) is 2.80. The molecule has 0 saturated carbocycles. The predicted molar refractivity (Wildman–Crippen MR) is 72.7 cm³/mol. The zero-order valence-corrected chi connectivity index (χ0v) is 10.6. The second-order valence-electron chi connectivity index (χ2n) is 4.36. The fraction of sp³-hybridized carbons (Fsp3) is 0.231. The van der Waals surface area contributed by atoms with E-state index in [4.69, 9.17) is 17.3 Å².